The minimum absolute atomic E-state index is 0.203. The molecule has 210 valence electrons. The summed E-state index contributed by atoms with van der Waals surface area (Å²) in [5.41, 5.74) is 3.17. The lowest BCUT2D eigenvalue weighted by Gasteiger charge is -2.25. The quantitative estimate of drug-likeness (QED) is 0.247. The number of amides is 1. The number of aromatic nitrogens is 1. The molecular weight excluding hydrogens is 554 g/mol. The van der Waals surface area contributed by atoms with Gasteiger partial charge in [-0.1, -0.05) is 90.2 Å². The van der Waals surface area contributed by atoms with E-state index in [4.69, 9.17) is 9.73 Å². The van der Waals surface area contributed by atoms with Crippen molar-refractivity contribution in [1.82, 2.24) is 4.57 Å². The van der Waals surface area contributed by atoms with E-state index in [9.17, 15) is 9.59 Å². The van der Waals surface area contributed by atoms with Gasteiger partial charge in [0.25, 0.3) is 11.5 Å². The number of allylic oxidation sites excluding steroid dienone is 1. The Balaban J connectivity index is 1.46. The van der Waals surface area contributed by atoms with Crippen molar-refractivity contribution in [3.8, 4) is 5.75 Å². The standard InChI is InChI=1S/C36H27N3O3S/c1-22-32(34(40)38-26-14-4-3-5-15-26)33(25-13-10-16-27(20-25)42-2)39-35(41)31(43-36(39)37-22)21-30-28-17-8-6-11-23(28)19-24-12-7-9-18-29(24)30/h3-21,33H,1-2H3,(H,38,40)/b31-21-/t33-/m0/s1. The average molecular weight is 582 g/mol. The number of benzene rings is 5. The normalized spacial score (nSPS) is 14.9. The Morgan fingerprint density at radius 1 is 0.884 bits per heavy atom. The maximum Gasteiger partial charge on any atom is 0.271 e. The summed E-state index contributed by atoms with van der Waals surface area (Å²) in [6, 6.07) is 34.7. The zero-order valence-corrected chi connectivity index (χ0v) is 24.4. The highest BCUT2D eigenvalue weighted by molar-refractivity contribution is 7.07. The molecule has 2 heterocycles. The summed E-state index contributed by atoms with van der Waals surface area (Å²) in [5.74, 6) is 0.328. The number of para-hydroxylation sites is 1. The summed E-state index contributed by atoms with van der Waals surface area (Å²) in [6.45, 7) is 1.82. The molecule has 7 rings (SSSR count). The number of methoxy groups -OCH3 is 1. The highest BCUT2D eigenvalue weighted by Crippen LogP contribution is 2.33. The molecule has 1 aliphatic heterocycles. The van der Waals surface area contributed by atoms with Crippen molar-refractivity contribution in [3.63, 3.8) is 0 Å². The van der Waals surface area contributed by atoms with E-state index in [2.05, 4.69) is 35.6 Å². The number of ether oxygens (including phenoxy) is 1. The fraction of sp³-hybridized carbons (Fsp3) is 0.0833. The molecule has 0 radical (unpaired) electrons. The van der Waals surface area contributed by atoms with Gasteiger partial charge in [0.15, 0.2) is 4.80 Å². The summed E-state index contributed by atoms with van der Waals surface area (Å²) < 4.78 is 7.71. The van der Waals surface area contributed by atoms with Crippen LogP contribution in [0, 0.1) is 0 Å². The molecule has 1 atom stereocenters. The number of nitrogens with zero attached hydrogens (tertiary/aromatic N) is 2. The fourth-order valence-electron chi connectivity index (χ4n) is 5.79. The minimum Gasteiger partial charge on any atom is -0.497 e. The van der Waals surface area contributed by atoms with Gasteiger partial charge in [0, 0.05) is 5.69 Å². The Morgan fingerprint density at radius 2 is 1.56 bits per heavy atom. The Labute approximate surface area is 251 Å². The van der Waals surface area contributed by atoms with Crippen LogP contribution in [0.3, 0.4) is 0 Å². The molecule has 6 aromatic rings. The minimum atomic E-state index is -0.693. The van der Waals surface area contributed by atoms with E-state index in [1.807, 2.05) is 91.9 Å². The first-order valence-electron chi connectivity index (χ1n) is 14.0. The molecule has 6 nitrogen and oxygen atoms in total. The maximum absolute atomic E-state index is 14.4. The van der Waals surface area contributed by atoms with Gasteiger partial charge in [-0.15, -0.1) is 0 Å². The van der Waals surface area contributed by atoms with Gasteiger partial charge in [0.1, 0.15) is 5.75 Å². The van der Waals surface area contributed by atoms with Crippen LogP contribution in [0.5, 0.6) is 5.75 Å². The first-order chi connectivity index (χ1) is 21.0. The summed E-state index contributed by atoms with van der Waals surface area (Å²) >= 11 is 1.33. The number of rotatable bonds is 5. The van der Waals surface area contributed by atoms with Crippen LogP contribution in [-0.2, 0) is 4.79 Å². The van der Waals surface area contributed by atoms with Crippen LogP contribution in [0.25, 0.3) is 27.6 Å². The number of carbonyl (C=O) groups excluding carboxylic acids is 1. The second kappa shape index (κ2) is 10.9. The molecule has 0 aliphatic carbocycles. The second-order valence-corrected chi connectivity index (χ2v) is 11.4. The highest BCUT2D eigenvalue weighted by Gasteiger charge is 2.32. The third-order valence-electron chi connectivity index (χ3n) is 7.80. The Hall–Kier alpha value is -5.27. The summed E-state index contributed by atoms with van der Waals surface area (Å²) in [4.78, 5) is 33.6. The van der Waals surface area contributed by atoms with Crippen molar-refractivity contribution in [2.45, 2.75) is 13.0 Å². The van der Waals surface area contributed by atoms with Crippen LogP contribution in [0.4, 0.5) is 5.69 Å². The van der Waals surface area contributed by atoms with Crippen LogP contribution < -0.4 is 24.9 Å². The van der Waals surface area contributed by atoms with Crippen LogP contribution in [0.1, 0.15) is 24.1 Å². The SMILES string of the molecule is COc1cccc([C@H]2C(C(=O)Nc3ccccc3)=C(C)N=c3s/c(=C\c4c5ccccc5cc5ccccc45)c(=O)n32)c1. The highest BCUT2D eigenvalue weighted by atomic mass is 32.1. The van der Waals surface area contributed by atoms with Crippen molar-refractivity contribution < 1.29 is 9.53 Å². The third kappa shape index (κ3) is 4.73. The molecule has 1 aromatic heterocycles. The topological polar surface area (TPSA) is 72.7 Å². The third-order valence-corrected chi connectivity index (χ3v) is 8.78. The van der Waals surface area contributed by atoms with Gasteiger partial charge in [0.2, 0.25) is 0 Å². The lowest BCUT2D eigenvalue weighted by Crippen LogP contribution is -2.40. The number of fused-ring (bicyclic) bond motifs is 3. The van der Waals surface area contributed by atoms with Crippen LogP contribution in [0.2, 0.25) is 0 Å². The second-order valence-electron chi connectivity index (χ2n) is 10.4. The molecular formula is C36H27N3O3S. The van der Waals surface area contributed by atoms with Crippen LogP contribution in [0.15, 0.2) is 130 Å². The average Bonchev–Trinajstić information content (AvgIpc) is 3.34. The van der Waals surface area contributed by atoms with Gasteiger partial charge in [-0.3, -0.25) is 14.2 Å². The van der Waals surface area contributed by atoms with E-state index in [-0.39, 0.29) is 11.5 Å². The van der Waals surface area contributed by atoms with Crippen LogP contribution >= 0.6 is 11.3 Å². The first kappa shape index (κ1) is 26.6. The zero-order valence-electron chi connectivity index (χ0n) is 23.6. The van der Waals surface area contributed by atoms with Gasteiger partial charge in [-0.05, 0) is 76.0 Å². The molecule has 0 spiro atoms. The van der Waals surface area contributed by atoms with E-state index in [1.165, 1.54) is 11.3 Å². The van der Waals surface area contributed by atoms with Crippen molar-refractivity contribution in [1.29, 1.82) is 0 Å². The number of hydrogen-bond donors (Lipinski definition) is 1. The number of anilines is 1. The van der Waals surface area contributed by atoms with Crippen molar-refractivity contribution in [3.05, 3.63) is 151 Å². The molecule has 7 heteroatoms. The van der Waals surface area contributed by atoms with Gasteiger partial charge in [0.05, 0.1) is 29.0 Å². The number of nitrogens with one attached hydrogen (secondary N) is 1. The van der Waals surface area contributed by atoms with E-state index < -0.39 is 6.04 Å². The van der Waals surface area contributed by atoms with Gasteiger partial charge in [-0.25, -0.2) is 4.99 Å². The molecule has 43 heavy (non-hydrogen) atoms. The zero-order chi connectivity index (χ0) is 29.5. The number of thiazole rings is 1. The van der Waals surface area contributed by atoms with Crippen molar-refractivity contribution >= 4 is 50.6 Å². The van der Waals surface area contributed by atoms with E-state index in [0.29, 0.717) is 32.0 Å². The lowest BCUT2D eigenvalue weighted by molar-refractivity contribution is -0.113. The molecule has 0 saturated heterocycles. The van der Waals surface area contributed by atoms with E-state index >= 15 is 0 Å². The molecule has 1 amide bonds. The molecule has 0 unspecified atom stereocenters. The molecule has 5 aromatic carbocycles. The Kier molecular flexibility index (Phi) is 6.72. The monoisotopic (exact) mass is 581 g/mol. The largest absolute Gasteiger partial charge is 0.497 e. The van der Waals surface area contributed by atoms with Gasteiger partial charge >= 0.3 is 0 Å². The summed E-state index contributed by atoms with van der Waals surface area (Å²) in [5, 5.41) is 7.33. The molecule has 0 bridgehead atoms. The first-order valence-corrected chi connectivity index (χ1v) is 14.8. The molecule has 0 saturated carbocycles. The number of carbonyl (C=O) groups is 1. The maximum atomic E-state index is 14.4. The Bertz CT molecular complexity index is 2210. The smallest absolute Gasteiger partial charge is 0.271 e. The van der Waals surface area contributed by atoms with Gasteiger partial charge < -0.3 is 10.1 Å². The van der Waals surface area contributed by atoms with Gasteiger partial charge in [-0.2, -0.15) is 0 Å². The molecule has 1 N–H and O–H groups in total. The molecule has 0 fully saturated rings. The number of hydrogen-bond acceptors (Lipinski definition) is 5. The van der Waals surface area contributed by atoms with Crippen LogP contribution in [-0.4, -0.2) is 17.6 Å². The Morgan fingerprint density at radius 3 is 2.26 bits per heavy atom. The van der Waals surface area contributed by atoms with E-state index in [1.54, 1.807) is 11.7 Å². The summed E-state index contributed by atoms with van der Waals surface area (Å²) in [6.07, 6.45) is 1.97. The lowest BCUT2D eigenvalue weighted by atomic mass is 9.94. The molecule has 1 aliphatic rings. The van der Waals surface area contributed by atoms with Crippen molar-refractivity contribution in [2.75, 3.05) is 12.4 Å². The predicted molar refractivity (Wildman–Crippen MR) is 173 cm³/mol. The predicted octanol–water partition coefficient (Wildman–Crippen LogP) is 6.19. The summed E-state index contributed by atoms with van der Waals surface area (Å²) in [7, 11) is 1.60. The van der Waals surface area contributed by atoms with Crippen molar-refractivity contribution in [2.24, 2.45) is 4.99 Å². The fourth-order valence-corrected chi connectivity index (χ4v) is 6.82. The van der Waals surface area contributed by atoms with E-state index in [0.717, 1.165) is 32.7 Å².